The van der Waals surface area contributed by atoms with Gasteiger partial charge >= 0.3 is 0 Å². The molecule has 2 nitrogen and oxygen atoms in total. The maximum absolute atomic E-state index is 5.58. The molecule has 19 heavy (non-hydrogen) atoms. The Bertz CT molecular complexity index is 415. The summed E-state index contributed by atoms with van der Waals surface area (Å²) in [6.45, 7) is 9.03. The second-order valence-electron chi connectivity index (χ2n) is 6.32. The van der Waals surface area contributed by atoms with Gasteiger partial charge in [-0.2, -0.15) is 0 Å². The summed E-state index contributed by atoms with van der Waals surface area (Å²) in [5, 5.41) is 3.65. The van der Waals surface area contributed by atoms with E-state index >= 15 is 0 Å². The van der Waals surface area contributed by atoms with Crippen molar-refractivity contribution in [3.05, 3.63) is 29.8 Å². The van der Waals surface area contributed by atoms with Gasteiger partial charge in [-0.1, -0.05) is 39.0 Å². The van der Waals surface area contributed by atoms with Crippen LogP contribution >= 0.6 is 0 Å². The van der Waals surface area contributed by atoms with Gasteiger partial charge in [0.15, 0.2) is 0 Å². The Hall–Kier alpha value is -1.02. The van der Waals surface area contributed by atoms with Crippen LogP contribution in [0.4, 0.5) is 0 Å². The van der Waals surface area contributed by atoms with Gasteiger partial charge in [0.2, 0.25) is 0 Å². The molecule has 0 amide bonds. The molecule has 2 atom stereocenters. The number of hydrogen-bond acceptors (Lipinski definition) is 2. The highest BCUT2D eigenvalue weighted by Crippen LogP contribution is 2.50. The topological polar surface area (TPSA) is 21.3 Å². The Kier molecular flexibility index (Phi) is 4.51. The lowest BCUT2D eigenvalue weighted by Gasteiger charge is -2.49. The van der Waals surface area contributed by atoms with Gasteiger partial charge in [-0.15, -0.1) is 0 Å². The third-order valence-corrected chi connectivity index (χ3v) is 4.60. The van der Waals surface area contributed by atoms with Gasteiger partial charge in [0.25, 0.3) is 0 Å². The van der Waals surface area contributed by atoms with Gasteiger partial charge in [0, 0.05) is 17.5 Å². The molecule has 0 radical (unpaired) electrons. The molecule has 2 rings (SSSR count). The van der Waals surface area contributed by atoms with E-state index in [2.05, 4.69) is 50.4 Å². The number of benzene rings is 1. The Morgan fingerprint density at radius 2 is 2.11 bits per heavy atom. The number of rotatable bonds is 6. The van der Waals surface area contributed by atoms with E-state index in [9.17, 15) is 0 Å². The average Bonchev–Trinajstić information content (AvgIpc) is 2.41. The Morgan fingerprint density at radius 3 is 2.63 bits per heavy atom. The first-order valence-electron chi connectivity index (χ1n) is 7.44. The standard InChI is InChI=1S/C17H27NO/c1-13(2)11-18-12-17(10-9-14(17)3)15-7-5-6-8-16(15)19-4/h5-8,13-14,18H,9-12H2,1-4H3. The molecule has 0 aliphatic heterocycles. The van der Waals surface area contributed by atoms with Crippen molar-refractivity contribution < 1.29 is 4.74 Å². The first kappa shape index (κ1) is 14.4. The molecule has 1 aliphatic rings. The summed E-state index contributed by atoms with van der Waals surface area (Å²) in [6, 6.07) is 8.52. The second-order valence-corrected chi connectivity index (χ2v) is 6.32. The van der Waals surface area contributed by atoms with Crippen molar-refractivity contribution in [2.75, 3.05) is 20.2 Å². The molecular weight excluding hydrogens is 234 g/mol. The summed E-state index contributed by atoms with van der Waals surface area (Å²) in [5.41, 5.74) is 1.65. The van der Waals surface area contributed by atoms with Crippen molar-refractivity contribution in [1.82, 2.24) is 5.32 Å². The lowest BCUT2D eigenvalue weighted by molar-refractivity contribution is 0.129. The number of ether oxygens (including phenoxy) is 1. The molecule has 1 aromatic rings. The van der Waals surface area contributed by atoms with E-state index in [4.69, 9.17) is 4.74 Å². The van der Waals surface area contributed by atoms with Crippen LogP contribution in [0.5, 0.6) is 5.75 Å². The smallest absolute Gasteiger partial charge is 0.122 e. The molecule has 0 aromatic heterocycles. The highest BCUT2D eigenvalue weighted by molar-refractivity contribution is 5.42. The lowest BCUT2D eigenvalue weighted by atomic mass is 9.57. The van der Waals surface area contributed by atoms with Crippen LogP contribution < -0.4 is 10.1 Å². The summed E-state index contributed by atoms with van der Waals surface area (Å²) >= 11 is 0. The van der Waals surface area contributed by atoms with Crippen LogP contribution in [-0.4, -0.2) is 20.2 Å². The quantitative estimate of drug-likeness (QED) is 0.844. The summed E-state index contributed by atoms with van der Waals surface area (Å²) in [7, 11) is 1.78. The van der Waals surface area contributed by atoms with Crippen LogP contribution in [0.1, 0.15) is 39.2 Å². The van der Waals surface area contributed by atoms with E-state index in [1.165, 1.54) is 18.4 Å². The summed E-state index contributed by atoms with van der Waals surface area (Å²) in [4.78, 5) is 0. The number of nitrogens with one attached hydrogen (secondary N) is 1. The normalized spacial score (nSPS) is 26.3. The molecule has 1 aromatic carbocycles. The van der Waals surface area contributed by atoms with Gasteiger partial charge in [-0.25, -0.2) is 0 Å². The maximum Gasteiger partial charge on any atom is 0.122 e. The molecule has 0 spiro atoms. The molecule has 2 unspecified atom stereocenters. The summed E-state index contributed by atoms with van der Waals surface area (Å²) in [5.74, 6) is 2.47. The van der Waals surface area contributed by atoms with Crippen LogP contribution in [0.15, 0.2) is 24.3 Å². The van der Waals surface area contributed by atoms with Crippen molar-refractivity contribution in [1.29, 1.82) is 0 Å². The van der Waals surface area contributed by atoms with Crippen molar-refractivity contribution in [3.8, 4) is 5.75 Å². The van der Waals surface area contributed by atoms with E-state index in [1.807, 2.05) is 0 Å². The maximum atomic E-state index is 5.58. The molecule has 0 heterocycles. The first-order chi connectivity index (χ1) is 9.10. The minimum Gasteiger partial charge on any atom is -0.496 e. The molecule has 1 N–H and O–H groups in total. The molecule has 1 fully saturated rings. The van der Waals surface area contributed by atoms with Crippen molar-refractivity contribution in [3.63, 3.8) is 0 Å². The van der Waals surface area contributed by atoms with Crippen LogP contribution in [-0.2, 0) is 5.41 Å². The van der Waals surface area contributed by atoms with Crippen molar-refractivity contribution in [2.45, 2.75) is 39.0 Å². The van der Waals surface area contributed by atoms with E-state index in [-0.39, 0.29) is 5.41 Å². The minimum atomic E-state index is 0.265. The van der Waals surface area contributed by atoms with Crippen LogP contribution in [0.25, 0.3) is 0 Å². The number of methoxy groups -OCH3 is 1. The fourth-order valence-corrected chi connectivity index (χ4v) is 3.18. The highest BCUT2D eigenvalue weighted by atomic mass is 16.5. The average molecular weight is 261 g/mol. The predicted octanol–water partition coefficient (Wildman–Crippen LogP) is 3.61. The molecule has 0 bridgehead atoms. The van der Waals surface area contributed by atoms with Gasteiger partial charge in [0.05, 0.1) is 7.11 Å². The molecule has 0 saturated heterocycles. The number of para-hydroxylation sites is 1. The van der Waals surface area contributed by atoms with Gasteiger partial charge in [-0.05, 0) is 37.3 Å². The predicted molar refractivity (Wildman–Crippen MR) is 80.8 cm³/mol. The summed E-state index contributed by atoms with van der Waals surface area (Å²) < 4.78 is 5.58. The Balaban J connectivity index is 2.19. The fraction of sp³-hybridized carbons (Fsp3) is 0.647. The number of hydrogen-bond donors (Lipinski definition) is 1. The monoisotopic (exact) mass is 261 g/mol. The molecule has 2 heteroatoms. The third kappa shape index (κ3) is 2.79. The van der Waals surface area contributed by atoms with Crippen molar-refractivity contribution in [2.24, 2.45) is 11.8 Å². The SMILES string of the molecule is COc1ccccc1C1(CNCC(C)C)CCC1C. The Labute approximate surface area is 117 Å². The molecule has 1 aliphatic carbocycles. The third-order valence-electron chi connectivity index (χ3n) is 4.60. The van der Waals surface area contributed by atoms with Crippen molar-refractivity contribution >= 4 is 0 Å². The summed E-state index contributed by atoms with van der Waals surface area (Å²) in [6.07, 6.45) is 2.58. The van der Waals surface area contributed by atoms with E-state index < -0.39 is 0 Å². The minimum absolute atomic E-state index is 0.265. The Morgan fingerprint density at radius 1 is 1.37 bits per heavy atom. The largest absolute Gasteiger partial charge is 0.496 e. The van der Waals surface area contributed by atoms with Crippen LogP contribution in [0.3, 0.4) is 0 Å². The van der Waals surface area contributed by atoms with E-state index in [0.717, 1.165) is 24.8 Å². The lowest BCUT2D eigenvalue weighted by Crippen LogP contribution is -2.50. The highest BCUT2D eigenvalue weighted by Gasteiger charge is 2.46. The molecular formula is C17H27NO. The molecule has 106 valence electrons. The zero-order valence-corrected chi connectivity index (χ0v) is 12.7. The molecule has 1 saturated carbocycles. The fourth-order valence-electron chi connectivity index (χ4n) is 3.18. The van der Waals surface area contributed by atoms with Crippen LogP contribution in [0, 0.1) is 11.8 Å². The first-order valence-corrected chi connectivity index (χ1v) is 7.44. The zero-order valence-electron chi connectivity index (χ0n) is 12.7. The van der Waals surface area contributed by atoms with Crippen LogP contribution in [0.2, 0.25) is 0 Å². The second kappa shape index (κ2) is 5.96. The zero-order chi connectivity index (χ0) is 13.9. The van der Waals surface area contributed by atoms with Gasteiger partial charge < -0.3 is 10.1 Å². The van der Waals surface area contributed by atoms with Gasteiger partial charge in [-0.3, -0.25) is 0 Å². The van der Waals surface area contributed by atoms with E-state index in [0.29, 0.717) is 5.92 Å². The van der Waals surface area contributed by atoms with E-state index in [1.54, 1.807) is 7.11 Å². The van der Waals surface area contributed by atoms with Gasteiger partial charge in [0.1, 0.15) is 5.75 Å².